The standard InChI is InChI=1S/C29H31ClN6O3/c30-24-6-1-4-21(18-24)27(37)33-25-19-22(28(38)36-14-10-31-11-15-36)7-8-26(25)34-12-3-13-35(17-16-34)29(39)23-5-2-9-32-20-23/h1-2,4-9,18-20,31H,3,10-17H2,(H,33,37). The molecule has 0 saturated carbocycles. The number of halogens is 1. The Kier molecular flexibility index (Phi) is 8.39. The van der Waals surface area contributed by atoms with Gasteiger partial charge in [-0.1, -0.05) is 17.7 Å². The van der Waals surface area contributed by atoms with Gasteiger partial charge in [0.25, 0.3) is 17.7 Å². The van der Waals surface area contributed by atoms with Crippen LogP contribution in [0.25, 0.3) is 0 Å². The molecular formula is C29H31ClN6O3. The number of aromatic nitrogens is 1. The number of nitrogens with zero attached hydrogens (tertiary/aromatic N) is 4. The highest BCUT2D eigenvalue weighted by atomic mass is 35.5. The van der Waals surface area contributed by atoms with E-state index in [1.54, 1.807) is 54.9 Å². The first-order valence-electron chi connectivity index (χ1n) is 13.1. The first-order valence-corrected chi connectivity index (χ1v) is 13.5. The number of carbonyl (C=O) groups is 3. The van der Waals surface area contributed by atoms with Crippen LogP contribution in [0.15, 0.2) is 67.0 Å². The maximum absolute atomic E-state index is 13.3. The molecule has 2 N–H and O–H groups in total. The lowest BCUT2D eigenvalue weighted by atomic mass is 10.1. The molecule has 0 unspecified atom stereocenters. The molecule has 0 spiro atoms. The molecule has 5 rings (SSSR count). The second kappa shape index (κ2) is 12.3. The molecule has 202 valence electrons. The second-order valence-corrected chi connectivity index (χ2v) is 10.0. The fourth-order valence-corrected chi connectivity index (χ4v) is 5.14. The monoisotopic (exact) mass is 546 g/mol. The van der Waals surface area contributed by atoms with Crippen molar-refractivity contribution >= 4 is 40.7 Å². The van der Waals surface area contributed by atoms with Crippen molar-refractivity contribution in [3.8, 4) is 0 Å². The lowest BCUT2D eigenvalue weighted by molar-refractivity contribution is 0.0734. The van der Waals surface area contributed by atoms with Gasteiger partial charge in [-0.15, -0.1) is 0 Å². The predicted octanol–water partition coefficient (Wildman–Crippen LogP) is 3.39. The summed E-state index contributed by atoms with van der Waals surface area (Å²) in [5.74, 6) is -0.421. The highest BCUT2D eigenvalue weighted by Crippen LogP contribution is 2.30. The largest absolute Gasteiger partial charge is 0.368 e. The van der Waals surface area contributed by atoms with Crippen LogP contribution in [-0.4, -0.2) is 84.9 Å². The van der Waals surface area contributed by atoms with Crippen molar-refractivity contribution in [1.29, 1.82) is 0 Å². The summed E-state index contributed by atoms with van der Waals surface area (Å²) in [6, 6.07) is 15.7. The van der Waals surface area contributed by atoms with Crippen molar-refractivity contribution in [2.75, 3.05) is 62.6 Å². The number of piperazine rings is 1. The molecule has 3 heterocycles. The third kappa shape index (κ3) is 6.38. The van der Waals surface area contributed by atoms with Gasteiger partial charge < -0.3 is 25.3 Å². The highest BCUT2D eigenvalue weighted by Gasteiger charge is 2.24. The number of rotatable bonds is 5. The van der Waals surface area contributed by atoms with Gasteiger partial charge in [0.1, 0.15) is 0 Å². The van der Waals surface area contributed by atoms with Gasteiger partial charge >= 0.3 is 0 Å². The van der Waals surface area contributed by atoms with E-state index in [2.05, 4.69) is 20.5 Å². The van der Waals surface area contributed by atoms with Crippen molar-refractivity contribution in [2.45, 2.75) is 6.42 Å². The molecule has 9 nitrogen and oxygen atoms in total. The van der Waals surface area contributed by atoms with Crippen LogP contribution in [0.1, 0.15) is 37.5 Å². The normalized spacial score (nSPS) is 16.0. The van der Waals surface area contributed by atoms with E-state index in [0.29, 0.717) is 66.7 Å². The van der Waals surface area contributed by atoms with E-state index in [0.717, 1.165) is 25.2 Å². The van der Waals surface area contributed by atoms with Gasteiger partial charge in [0.15, 0.2) is 0 Å². The summed E-state index contributed by atoms with van der Waals surface area (Å²) in [5, 5.41) is 6.75. The fraction of sp³-hybridized carbons (Fsp3) is 0.310. The molecule has 0 bridgehead atoms. The molecule has 2 fully saturated rings. The molecule has 0 aliphatic carbocycles. The van der Waals surface area contributed by atoms with Crippen LogP contribution in [0.2, 0.25) is 5.02 Å². The van der Waals surface area contributed by atoms with Crippen molar-refractivity contribution in [3.05, 3.63) is 88.7 Å². The van der Waals surface area contributed by atoms with Crippen LogP contribution in [0.5, 0.6) is 0 Å². The predicted molar refractivity (Wildman–Crippen MR) is 152 cm³/mol. The highest BCUT2D eigenvalue weighted by molar-refractivity contribution is 6.31. The Morgan fingerprint density at radius 1 is 0.795 bits per heavy atom. The summed E-state index contributed by atoms with van der Waals surface area (Å²) in [6.07, 6.45) is 3.99. The Morgan fingerprint density at radius 3 is 2.33 bits per heavy atom. The summed E-state index contributed by atoms with van der Waals surface area (Å²) in [7, 11) is 0. The maximum atomic E-state index is 13.3. The molecule has 2 aromatic carbocycles. The van der Waals surface area contributed by atoms with E-state index in [9.17, 15) is 14.4 Å². The van der Waals surface area contributed by atoms with Gasteiger partial charge in [0.05, 0.1) is 16.9 Å². The second-order valence-electron chi connectivity index (χ2n) is 9.61. The van der Waals surface area contributed by atoms with E-state index in [1.165, 1.54) is 0 Å². The van der Waals surface area contributed by atoms with Gasteiger partial charge in [0, 0.05) is 80.9 Å². The van der Waals surface area contributed by atoms with Crippen LogP contribution >= 0.6 is 11.6 Å². The first kappa shape index (κ1) is 26.6. The van der Waals surface area contributed by atoms with Crippen molar-refractivity contribution in [3.63, 3.8) is 0 Å². The van der Waals surface area contributed by atoms with Crippen LogP contribution in [0.3, 0.4) is 0 Å². The van der Waals surface area contributed by atoms with Crippen LogP contribution < -0.4 is 15.5 Å². The SMILES string of the molecule is O=C(Nc1cc(C(=O)N2CCNCC2)ccc1N1CCCN(C(=O)c2cccnc2)CC1)c1cccc(Cl)c1. The minimum Gasteiger partial charge on any atom is -0.368 e. The molecule has 3 aromatic rings. The van der Waals surface area contributed by atoms with Gasteiger partial charge in [-0.3, -0.25) is 19.4 Å². The molecule has 2 aliphatic heterocycles. The van der Waals surface area contributed by atoms with Gasteiger partial charge in [-0.2, -0.15) is 0 Å². The lowest BCUT2D eigenvalue weighted by Crippen LogP contribution is -2.46. The Bertz CT molecular complexity index is 1350. The average molecular weight is 547 g/mol. The third-order valence-corrected chi connectivity index (χ3v) is 7.25. The zero-order valence-electron chi connectivity index (χ0n) is 21.6. The lowest BCUT2D eigenvalue weighted by Gasteiger charge is -2.29. The third-order valence-electron chi connectivity index (χ3n) is 7.02. The number of anilines is 2. The van der Waals surface area contributed by atoms with E-state index in [-0.39, 0.29) is 17.7 Å². The molecule has 3 amide bonds. The van der Waals surface area contributed by atoms with Crippen molar-refractivity contribution in [2.24, 2.45) is 0 Å². The summed E-state index contributed by atoms with van der Waals surface area (Å²) in [5.41, 5.74) is 2.86. The summed E-state index contributed by atoms with van der Waals surface area (Å²) in [4.78, 5) is 49.4. The van der Waals surface area contributed by atoms with Crippen LogP contribution in [0.4, 0.5) is 11.4 Å². The van der Waals surface area contributed by atoms with Gasteiger partial charge in [-0.05, 0) is 55.0 Å². The van der Waals surface area contributed by atoms with Crippen LogP contribution in [0, 0.1) is 0 Å². The Hall–Kier alpha value is -3.95. The minimum atomic E-state index is -0.311. The van der Waals surface area contributed by atoms with E-state index in [4.69, 9.17) is 11.6 Å². The molecule has 1 aromatic heterocycles. The topological polar surface area (TPSA) is 97.9 Å². The molecule has 2 aliphatic rings. The first-order chi connectivity index (χ1) is 19.0. The number of hydrogen-bond acceptors (Lipinski definition) is 6. The molecule has 0 atom stereocenters. The summed E-state index contributed by atoms with van der Waals surface area (Å²) in [6.45, 7) is 5.20. The van der Waals surface area contributed by atoms with E-state index in [1.807, 2.05) is 21.9 Å². The number of amides is 3. The Balaban J connectivity index is 1.40. The minimum absolute atomic E-state index is 0.0450. The smallest absolute Gasteiger partial charge is 0.255 e. The zero-order valence-corrected chi connectivity index (χ0v) is 22.4. The van der Waals surface area contributed by atoms with Crippen molar-refractivity contribution in [1.82, 2.24) is 20.1 Å². The number of hydrogen-bond donors (Lipinski definition) is 2. The fourth-order valence-electron chi connectivity index (χ4n) is 4.95. The van der Waals surface area contributed by atoms with Gasteiger partial charge in [-0.25, -0.2) is 0 Å². The Morgan fingerprint density at radius 2 is 1.56 bits per heavy atom. The van der Waals surface area contributed by atoms with E-state index < -0.39 is 0 Å². The summed E-state index contributed by atoms with van der Waals surface area (Å²) >= 11 is 6.12. The van der Waals surface area contributed by atoms with Crippen molar-refractivity contribution < 1.29 is 14.4 Å². The summed E-state index contributed by atoms with van der Waals surface area (Å²) < 4.78 is 0. The van der Waals surface area contributed by atoms with Crippen LogP contribution in [-0.2, 0) is 0 Å². The number of nitrogens with one attached hydrogen (secondary N) is 2. The molecule has 2 saturated heterocycles. The quantitative estimate of drug-likeness (QED) is 0.509. The Labute approximate surface area is 232 Å². The van der Waals surface area contributed by atoms with E-state index >= 15 is 0 Å². The molecule has 39 heavy (non-hydrogen) atoms. The maximum Gasteiger partial charge on any atom is 0.255 e. The number of pyridine rings is 1. The molecule has 0 radical (unpaired) electrons. The zero-order chi connectivity index (χ0) is 27.2. The van der Waals surface area contributed by atoms with Gasteiger partial charge in [0.2, 0.25) is 0 Å². The molecular weight excluding hydrogens is 516 g/mol. The average Bonchev–Trinajstić information content (AvgIpc) is 3.23. The molecule has 10 heteroatoms. The number of benzene rings is 2. The number of carbonyl (C=O) groups excluding carboxylic acids is 3.